The number of hydrogen-bond acceptors (Lipinski definition) is 3. The Hall–Kier alpha value is -2.40. The molecule has 0 unspecified atom stereocenters. The molecule has 1 saturated heterocycles. The SMILES string of the molecule is O=C(CNCc1ccccc1F)N1CCN(c2ccccc2)CC1. The standard InChI is InChI=1S/C19H22FN3O/c20-18-9-5-4-6-16(18)14-21-15-19(24)23-12-10-22(11-13-23)17-7-2-1-3-8-17/h1-9,21H,10-15H2. The van der Waals surface area contributed by atoms with Gasteiger partial charge in [-0.3, -0.25) is 4.79 Å². The summed E-state index contributed by atoms with van der Waals surface area (Å²) in [6, 6.07) is 16.9. The van der Waals surface area contributed by atoms with Crippen molar-refractivity contribution in [2.75, 3.05) is 37.6 Å². The summed E-state index contributed by atoms with van der Waals surface area (Å²) < 4.78 is 13.5. The van der Waals surface area contributed by atoms with Crippen molar-refractivity contribution in [2.24, 2.45) is 0 Å². The molecular weight excluding hydrogens is 305 g/mol. The molecule has 2 aromatic carbocycles. The lowest BCUT2D eigenvalue weighted by Gasteiger charge is -2.36. The quantitative estimate of drug-likeness (QED) is 0.915. The third-order valence-electron chi connectivity index (χ3n) is 4.30. The van der Waals surface area contributed by atoms with E-state index in [0.717, 1.165) is 26.2 Å². The molecule has 1 aliphatic rings. The van der Waals surface area contributed by atoms with Crippen molar-refractivity contribution in [1.82, 2.24) is 10.2 Å². The number of carbonyl (C=O) groups is 1. The van der Waals surface area contributed by atoms with Crippen LogP contribution in [0.1, 0.15) is 5.56 Å². The zero-order valence-corrected chi connectivity index (χ0v) is 13.6. The summed E-state index contributed by atoms with van der Waals surface area (Å²) in [4.78, 5) is 16.4. The van der Waals surface area contributed by atoms with E-state index < -0.39 is 0 Å². The highest BCUT2D eigenvalue weighted by Crippen LogP contribution is 2.15. The first-order valence-corrected chi connectivity index (χ1v) is 8.26. The second-order valence-electron chi connectivity index (χ2n) is 5.90. The molecule has 0 spiro atoms. The molecule has 5 heteroatoms. The van der Waals surface area contributed by atoms with Crippen LogP contribution in [-0.4, -0.2) is 43.5 Å². The average molecular weight is 327 g/mol. The summed E-state index contributed by atoms with van der Waals surface area (Å²) in [5.74, 6) is -0.173. The summed E-state index contributed by atoms with van der Waals surface area (Å²) >= 11 is 0. The minimum Gasteiger partial charge on any atom is -0.368 e. The number of carbonyl (C=O) groups excluding carboxylic acids is 1. The Balaban J connectivity index is 1.43. The van der Waals surface area contributed by atoms with E-state index in [1.54, 1.807) is 18.2 Å². The molecule has 0 radical (unpaired) electrons. The topological polar surface area (TPSA) is 35.6 Å². The number of anilines is 1. The third kappa shape index (κ3) is 4.11. The van der Waals surface area contributed by atoms with Crippen LogP contribution in [0.4, 0.5) is 10.1 Å². The molecule has 1 aliphatic heterocycles. The highest BCUT2D eigenvalue weighted by atomic mass is 19.1. The van der Waals surface area contributed by atoms with E-state index in [-0.39, 0.29) is 18.3 Å². The second-order valence-corrected chi connectivity index (χ2v) is 5.90. The Labute approximate surface area is 141 Å². The molecule has 0 atom stereocenters. The van der Waals surface area contributed by atoms with Gasteiger partial charge in [-0.05, 0) is 18.2 Å². The van der Waals surface area contributed by atoms with E-state index in [0.29, 0.717) is 12.1 Å². The van der Waals surface area contributed by atoms with Crippen LogP contribution in [0.3, 0.4) is 0 Å². The van der Waals surface area contributed by atoms with Crippen molar-refractivity contribution in [3.8, 4) is 0 Å². The Morgan fingerprint density at radius 1 is 0.958 bits per heavy atom. The predicted octanol–water partition coefficient (Wildman–Crippen LogP) is 2.26. The lowest BCUT2D eigenvalue weighted by Crippen LogP contribution is -2.50. The van der Waals surface area contributed by atoms with Gasteiger partial charge in [-0.2, -0.15) is 0 Å². The van der Waals surface area contributed by atoms with Crippen LogP contribution < -0.4 is 10.2 Å². The van der Waals surface area contributed by atoms with Crippen LogP contribution in [0.2, 0.25) is 0 Å². The monoisotopic (exact) mass is 327 g/mol. The maximum atomic E-state index is 13.5. The molecule has 3 rings (SSSR count). The number of benzene rings is 2. The van der Waals surface area contributed by atoms with Crippen molar-refractivity contribution in [1.29, 1.82) is 0 Å². The first-order valence-electron chi connectivity index (χ1n) is 8.26. The lowest BCUT2D eigenvalue weighted by molar-refractivity contribution is -0.130. The largest absolute Gasteiger partial charge is 0.368 e. The van der Waals surface area contributed by atoms with E-state index in [2.05, 4.69) is 22.3 Å². The van der Waals surface area contributed by atoms with Crippen molar-refractivity contribution in [2.45, 2.75) is 6.54 Å². The molecule has 0 aromatic heterocycles. The zero-order chi connectivity index (χ0) is 16.8. The second kappa shape index (κ2) is 7.93. The van der Waals surface area contributed by atoms with Gasteiger partial charge in [0.15, 0.2) is 0 Å². The molecule has 1 N–H and O–H groups in total. The van der Waals surface area contributed by atoms with E-state index >= 15 is 0 Å². The van der Waals surface area contributed by atoms with E-state index in [1.165, 1.54) is 11.8 Å². The van der Waals surface area contributed by atoms with Crippen LogP contribution in [0, 0.1) is 5.82 Å². The molecule has 4 nitrogen and oxygen atoms in total. The fourth-order valence-electron chi connectivity index (χ4n) is 2.91. The van der Waals surface area contributed by atoms with Crippen LogP contribution in [0.25, 0.3) is 0 Å². The first-order chi connectivity index (χ1) is 11.7. The van der Waals surface area contributed by atoms with Gasteiger partial charge in [0.1, 0.15) is 5.82 Å². The van der Waals surface area contributed by atoms with Gasteiger partial charge in [0.25, 0.3) is 0 Å². The third-order valence-corrected chi connectivity index (χ3v) is 4.30. The molecule has 24 heavy (non-hydrogen) atoms. The van der Waals surface area contributed by atoms with Crippen molar-refractivity contribution >= 4 is 11.6 Å². The number of halogens is 1. The minimum atomic E-state index is -0.242. The molecule has 2 aromatic rings. The summed E-state index contributed by atoms with van der Waals surface area (Å²) in [6.07, 6.45) is 0. The Morgan fingerprint density at radius 3 is 2.33 bits per heavy atom. The Bertz CT molecular complexity index is 669. The van der Waals surface area contributed by atoms with E-state index in [9.17, 15) is 9.18 Å². The Morgan fingerprint density at radius 2 is 1.62 bits per heavy atom. The number of piperazine rings is 1. The fourth-order valence-corrected chi connectivity index (χ4v) is 2.91. The van der Waals surface area contributed by atoms with Gasteiger partial charge < -0.3 is 15.1 Å². The highest BCUT2D eigenvalue weighted by molar-refractivity contribution is 5.78. The summed E-state index contributed by atoms with van der Waals surface area (Å²) in [5.41, 5.74) is 1.78. The van der Waals surface area contributed by atoms with Gasteiger partial charge in [-0.15, -0.1) is 0 Å². The van der Waals surface area contributed by atoms with Gasteiger partial charge in [0, 0.05) is 44.0 Å². The van der Waals surface area contributed by atoms with Crippen molar-refractivity contribution in [3.05, 3.63) is 66.0 Å². The number of nitrogens with one attached hydrogen (secondary N) is 1. The molecular formula is C19H22FN3O. The van der Waals surface area contributed by atoms with Gasteiger partial charge in [0.05, 0.1) is 6.54 Å². The van der Waals surface area contributed by atoms with E-state index in [4.69, 9.17) is 0 Å². The lowest BCUT2D eigenvalue weighted by atomic mass is 10.2. The van der Waals surface area contributed by atoms with Crippen LogP contribution >= 0.6 is 0 Å². The normalized spacial score (nSPS) is 14.7. The molecule has 0 bridgehead atoms. The van der Waals surface area contributed by atoms with Crippen LogP contribution in [0.5, 0.6) is 0 Å². The summed E-state index contributed by atoms with van der Waals surface area (Å²) in [5, 5.41) is 3.04. The Kier molecular flexibility index (Phi) is 5.43. The smallest absolute Gasteiger partial charge is 0.236 e. The highest BCUT2D eigenvalue weighted by Gasteiger charge is 2.20. The van der Waals surface area contributed by atoms with Gasteiger partial charge in [-0.25, -0.2) is 4.39 Å². The van der Waals surface area contributed by atoms with Gasteiger partial charge >= 0.3 is 0 Å². The van der Waals surface area contributed by atoms with Crippen LogP contribution in [-0.2, 0) is 11.3 Å². The molecule has 0 saturated carbocycles. The summed E-state index contributed by atoms with van der Waals surface area (Å²) in [7, 11) is 0. The number of hydrogen-bond donors (Lipinski definition) is 1. The van der Waals surface area contributed by atoms with Crippen molar-refractivity contribution < 1.29 is 9.18 Å². The fraction of sp³-hybridized carbons (Fsp3) is 0.316. The van der Waals surface area contributed by atoms with E-state index in [1.807, 2.05) is 23.1 Å². The van der Waals surface area contributed by atoms with Crippen molar-refractivity contribution in [3.63, 3.8) is 0 Å². The number of nitrogens with zero attached hydrogens (tertiary/aromatic N) is 2. The molecule has 0 aliphatic carbocycles. The number of para-hydroxylation sites is 1. The minimum absolute atomic E-state index is 0.0686. The number of rotatable bonds is 5. The first kappa shape index (κ1) is 16.5. The maximum absolute atomic E-state index is 13.5. The zero-order valence-electron chi connectivity index (χ0n) is 13.6. The van der Waals surface area contributed by atoms with Gasteiger partial charge in [-0.1, -0.05) is 36.4 Å². The van der Waals surface area contributed by atoms with Crippen LogP contribution in [0.15, 0.2) is 54.6 Å². The maximum Gasteiger partial charge on any atom is 0.236 e. The van der Waals surface area contributed by atoms with Gasteiger partial charge in [0.2, 0.25) is 5.91 Å². The predicted molar refractivity (Wildman–Crippen MR) is 93.3 cm³/mol. The average Bonchev–Trinajstić information content (AvgIpc) is 2.64. The number of amides is 1. The molecule has 1 fully saturated rings. The molecule has 1 amide bonds. The molecule has 1 heterocycles. The summed E-state index contributed by atoms with van der Waals surface area (Å²) in [6.45, 7) is 3.71. The molecule has 126 valence electrons.